The van der Waals surface area contributed by atoms with Crippen LogP contribution in [-0.2, 0) is 0 Å². The molecule has 0 saturated carbocycles. The highest BCUT2D eigenvalue weighted by molar-refractivity contribution is 6.70. The van der Waals surface area contributed by atoms with Crippen molar-refractivity contribution in [2.75, 3.05) is 5.73 Å². The minimum atomic E-state index is 0.225. The predicted octanol–water partition coefficient (Wildman–Crippen LogP) is 1.13. The van der Waals surface area contributed by atoms with Crippen LogP contribution >= 0.6 is 11.6 Å². The Hall–Kier alpha value is -1.22. The van der Waals surface area contributed by atoms with Crippen LogP contribution in [0.15, 0.2) is 29.4 Å². The number of nitrogens with two attached hydrogens (primary N) is 2. The largest absolute Gasteiger partial charge is 0.398 e. The molecule has 0 spiro atoms. The van der Waals surface area contributed by atoms with Gasteiger partial charge in [-0.25, -0.2) is 0 Å². The Morgan fingerprint density at radius 3 is 2.55 bits per heavy atom. The first-order valence-electron chi connectivity index (χ1n) is 3.04. The summed E-state index contributed by atoms with van der Waals surface area (Å²) in [6.45, 7) is 0. The monoisotopic (exact) mass is 169 g/mol. The fraction of sp³-hybridized carbons (Fsp3) is 0. The third-order valence-electron chi connectivity index (χ3n) is 1.30. The average Bonchev–Trinajstić information content (AvgIpc) is 2.04. The number of benzene rings is 1. The van der Waals surface area contributed by atoms with Gasteiger partial charge in [0.15, 0.2) is 5.17 Å². The van der Waals surface area contributed by atoms with Crippen molar-refractivity contribution >= 4 is 22.5 Å². The number of halogens is 1. The van der Waals surface area contributed by atoms with Gasteiger partial charge in [0.05, 0.1) is 0 Å². The molecule has 0 saturated heterocycles. The normalized spacial score (nSPS) is 11.5. The molecule has 0 aliphatic rings. The summed E-state index contributed by atoms with van der Waals surface area (Å²) in [5, 5.41) is 3.55. The number of nitrogen functional groups attached to an aromatic ring is 1. The molecule has 0 radical (unpaired) electrons. The molecule has 0 aliphatic carbocycles. The maximum Gasteiger partial charge on any atom is 0.157 e. The first-order valence-corrected chi connectivity index (χ1v) is 3.41. The zero-order valence-corrected chi connectivity index (χ0v) is 6.55. The van der Waals surface area contributed by atoms with Crippen LogP contribution in [0, 0.1) is 0 Å². The number of hydrazone groups is 1. The van der Waals surface area contributed by atoms with Crippen LogP contribution in [0.4, 0.5) is 5.69 Å². The molecule has 0 atom stereocenters. The smallest absolute Gasteiger partial charge is 0.157 e. The molecular weight excluding hydrogens is 162 g/mol. The zero-order chi connectivity index (χ0) is 8.27. The highest BCUT2D eigenvalue weighted by atomic mass is 35.5. The summed E-state index contributed by atoms with van der Waals surface area (Å²) in [7, 11) is 0. The third-order valence-corrected chi connectivity index (χ3v) is 1.60. The lowest BCUT2D eigenvalue weighted by Crippen LogP contribution is -2.00. The molecule has 0 unspecified atom stereocenters. The summed E-state index contributed by atoms with van der Waals surface area (Å²) in [5.41, 5.74) is 6.82. The highest BCUT2D eigenvalue weighted by Crippen LogP contribution is 2.12. The Labute approximate surface area is 69.6 Å². The average molecular weight is 170 g/mol. The zero-order valence-electron chi connectivity index (χ0n) is 5.79. The summed E-state index contributed by atoms with van der Waals surface area (Å²) in [5.74, 6) is 4.97. The van der Waals surface area contributed by atoms with E-state index in [-0.39, 0.29) is 5.17 Å². The lowest BCUT2D eigenvalue weighted by atomic mass is 10.2. The van der Waals surface area contributed by atoms with Gasteiger partial charge in [0, 0.05) is 11.3 Å². The number of nitrogens with zero attached hydrogens (tertiary/aromatic N) is 1. The van der Waals surface area contributed by atoms with Crippen molar-refractivity contribution in [3.05, 3.63) is 29.8 Å². The van der Waals surface area contributed by atoms with Crippen molar-refractivity contribution in [2.24, 2.45) is 10.9 Å². The van der Waals surface area contributed by atoms with E-state index >= 15 is 0 Å². The first-order chi connectivity index (χ1) is 5.25. The second-order valence-electron chi connectivity index (χ2n) is 2.01. The van der Waals surface area contributed by atoms with Crippen molar-refractivity contribution in [3.8, 4) is 0 Å². The molecular formula is C7H8ClN3. The molecule has 0 fully saturated rings. The van der Waals surface area contributed by atoms with Crippen molar-refractivity contribution in [3.63, 3.8) is 0 Å². The second kappa shape index (κ2) is 3.25. The summed E-state index contributed by atoms with van der Waals surface area (Å²) >= 11 is 5.64. The molecule has 0 bridgehead atoms. The van der Waals surface area contributed by atoms with Gasteiger partial charge in [-0.05, 0) is 12.1 Å². The maximum absolute atomic E-state index is 5.64. The molecule has 0 aromatic heterocycles. The van der Waals surface area contributed by atoms with Crippen LogP contribution in [0.1, 0.15) is 5.56 Å². The fourth-order valence-electron chi connectivity index (χ4n) is 0.754. The van der Waals surface area contributed by atoms with E-state index in [4.69, 9.17) is 23.2 Å². The third kappa shape index (κ3) is 1.62. The van der Waals surface area contributed by atoms with Gasteiger partial charge in [-0.15, -0.1) is 0 Å². The molecule has 1 aromatic rings. The topological polar surface area (TPSA) is 64.4 Å². The highest BCUT2D eigenvalue weighted by Gasteiger charge is 2.01. The van der Waals surface area contributed by atoms with E-state index in [2.05, 4.69) is 5.10 Å². The summed E-state index contributed by atoms with van der Waals surface area (Å²) < 4.78 is 0. The SMILES string of the molecule is N/N=C(/Cl)c1ccccc1N. The first kappa shape index (κ1) is 7.88. The van der Waals surface area contributed by atoms with E-state index in [1.54, 1.807) is 12.1 Å². The molecule has 1 rings (SSSR count). The number of anilines is 1. The van der Waals surface area contributed by atoms with E-state index in [1.165, 1.54) is 0 Å². The molecule has 0 heterocycles. The molecule has 0 amide bonds. The fourth-order valence-corrected chi connectivity index (χ4v) is 0.927. The number of para-hydroxylation sites is 1. The number of hydrogen-bond acceptors (Lipinski definition) is 3. The van der Waals surface area contributed by atoms with Gasteiger partial charge in [-0.1, -0.05) is 23.7 Å². The molecule has 11 heavy (non-hydrogen) atoms. The van der Waals surface area contributed by atoms with Crippen molar-refractivity contribution in [1.82, 2.24) is 0 Å². The maximum atomic E-state index is 5.64. The van der Waals surface area contributed by atoms with Crippen LogP contribution in [0.25, 0.3) is 0 Å². The predicted molar refractivity (Wildman–Crippen MR) is 47.4 cm³/mol. The van der Waals surface area contributed by atoms with E-state index in [9.17, 15) is 0 Å². The molecule has 0 aliphatic heterocycles. The summed E-state index contributed by atoms with van der Waals surface area (Å²) in [4.78, 5) is 0. The lowest BCUT2D eigenvalue weighted by Gasteiger charge is -1.99. The van der Waals surface area contributed by atoms with Gasteiger partial charge in [-0.2, -0.15) is 5.10 Å². The van der Waals surface area contributed by atoms with Crippen molar-refractivity contribution in [2.45, 2.75) is 0 Å². The molecule has 4 heteroatoms. The van der Waals surface area contributed by atoms with Crippen LogP contribution < -0.4 is 11.6 Å². The Morgan fingerprint density at radius 2 is 2.00 bits per heavy atom. The lowest BCUT2D eigenvalue weighted by molar-refractivity contribution is 1.26. The minimum absolute atomic E-state index is 0.225. The Balaban J connectivity index is 3.14. The van der Waals surface area contributed by atoms with Crippen LogP contribution in [-0.4, -0.2) is 5.17 Å². The number of rotatable bonds is 1. The molecule has 1 aromatic carbocycles. The Kier molecular flexibility index (Phi) is 2.33. The number of hydrogen-bond donors (Lipinski definition) is 2. The van der Waals surface area contributed by atoms with E-state index in [0.717, 1.165) is 0 Å². The van der Waals surface area contributed by atoms with Gasteiger partial charge < -0.3 is 11.6 Å². The van der Waals surface area contributed by atoms with Gasteiger partial charge in [0.25, 0.3) is 0 Å². The molecule has 4 N–H and O–H groups in total. The van der Waals surface area contributed by atoms with E-state index < -0.39 is 0 Å². The van der Waals surface area contributed by atoms with E-state index in [0.29, 0.717) is 11.3 Å². The second-order valence-corrected chi connectivity index (χ2v) is 2.37. The standard InChI is InChI=1S/C7H8ClN3/c8-7(11-10)5-3-1-2-4-6(5)9/h1-4H,9-10H2/b11-7+. The molecule has 58 valence electrons. The van der Waals surface area contributed by atoms with Gasteiger partial charge >= 0.3 is 0 Å². The van der Waals surface area contributed by atoms with Gasteiger partial charge in [0.2, 0.25) is 0 Å². The Bertz CT molecular complexity index is 283. The minimum Gasteiger partial charge on any atom is -0.398 e. The van der Waals surface area contributed by atoms with Gasteiger partial charge in [-0.3, -0.25) is 0 Å². The quantitative estimate of drug-likeness (QED) is 0.287. The Morgan fingerprint density at radius 1 is 1.36 bits per heavy atom. The van der Waals surface area contributed by atoms with Crippen molar-refractivity contribution in [1.29, 1.82) is 0 Å². The van der Waals surface area contributed by atoms with Crippen LogP contribution in [0.3, 0.4) is 0 Å². The molecule has 3 nitrogen and oxygen atoms in total. The summed E-state index contributed by atoms with van der Waals surface area (Å²) in [6.07, 6.45) is 0. The van der Waals surface area contributed by atoms with Crippen LogP contribution in [0.2, 0.25) is 0 Å². The van der Waals surface area contributed by atoms with Crippen LogP contribution in [0.5, 0.6) is 0 Å². The van der Waals surface area contributed by atoms with E-state index in [1.807, 2.05) is 12.1 Å². The summed E-state index contributed by atoms with van der Waals surface area (Å²) in [6, 6.07) is 7.13. The van der Waals surface area contributed by atoms with Gasteiger partial charge in [0.1, 0.15) is 0 Å². The van der Waals surface area contributed by atoms with Crippen molar-refractivity contribution < 1.29 is 0 Å².